The van der Waals surface area contributed by atoms with Crippen molar-refractivity contribution in [1.82, 2.24) is 5.32 Å². The quantitative estimate of drug-likeness (QED) is 0.847. The summed E-state index contributed by atoms with van der Waals surface area (Å²) in [7, 11) is 1.64. The second kappa shape index (κ2) is 8.39. The molecule has 1 atom stereocenters. The highest BCUT2D eigenvalue weighted by Crippen LogP contribution is 2.19. The minimum atomic E-state index is -0.0588. The van der Waals surface area contributed by atoms with Crippen LogP contribution < -0.4 is 14.8 Å². The number of aryl methyl sites for hydroxylation is 2. The largest absolute Gasteiger partial charge is 0.496 e. The first kappa shape index (κ1) is 17.9. The fourth-order valence-electron chi connectivity index (χ4n) is 2.54. The Morgan fingerprint density at radius 1 is 1.08 bits per heavy atom. The van der Waals surface area contributed by atoms with E-state index in [1.54, 1.807) is 7.11 Å². The molecule has 0 spiro atoms. The molecule has 0 aliphatic heterocycles. The van der Waals surface area contributed by atoms with E-state index in [9.17, 15) is 4.79 Å². The molecule has 0 bridgehead atoms. The van der Waals surface area contributed by atoms with Crippen LogP contribution in [-0.2, 0) is 11.2 Å². The fourth-order valence-corrected chi connectivity index (χ4v) is 2.54. The van der Waals surface area contributed by atoms with Gasteiger partial charge in [0.15, 0.2) is 0 Å². The highest BCUT2D eigenvalue weighted by atomic mass is 16.5. The molecule has 2 rings (SSSR count). The monoisotopic (exact) mass is 327 g/mol. The highest BCUT2D eigenvalue weighted by molar-refractivity contribution is 5.79. The minimum absolute atomic E-state index is 0.0135. The third kappa shape index (κ3) is 5.01. The number of carbonyl (C=O) groups is 1. The van der Waals surface area contributed by atoms with Crippen molar-refractivity contribution >= 4 is 5.91 Å². The van der Waals surface area contributed by atoms with E-state index in [0.717, 1.165) is 28.2 Å². The maximum Gasteiger partial charge on any atom is 0.224 e. The van der Waals surface area contributed by atoms with Gasteiger partial charge in [-0.2, -0.15) is 0 Å². The Bertz CT molecular complexity index is 697. The lowest BCUT2D eigenvalue weighted by molar-refractivity contribution is -0.121. The van der Waals surface area contributed by atoms with Crippen molar-refractivity contribution in [2.24, 2.45) is 0 Å². The first-order chi connectivity index (χ1) is 11.5. The minimum Gasteiger partial charge on any atom is -0.496 e. The molecule has 0 aliphatic carbocycles. The van der Waals surface area contributed by atoms with Gasteiger partial charge in [0.05, 0.1) is 19.6 Å². The lowest BCUT2D eigenvalue weighted by Gasteiger charge is -2.16. The number of rotatable bonds is 7. The van der Waals surface area contributed by atoms with Gasteiger partial charge in [0.25, 0.3) is 0 Å². The lowest BCUT2D eigenvalue weighted by Crippen LogP contribution is -2.37. The maximum atomic E-state index is 12.2. The number of carbonyl (C=O) groups excluding carboxylic acids is 1. The van der Waals surface area contributed by atoms with Crippen LogP contribution in [0.3, 0.4) is 0 Å². The van der Waals surface area contributed by atoms with Gasteiger partial charge in [0, 0.05) is 0 Å². The molecule has 4 heteroatoms. The van der Waals surface area contributed by atoms with E-state index in [2.05, 4.69) is 5.32 Å². The molecule has 0 unspecified atom stereocenters. The molecule has 2 aromatic rings. The molecule has 128 valence electrons. The van der Waals surface area contributed by atoms with E-state index in [1.807, 2.05) is 63.2 Å². The molecule has 0 fully saturated rings. The van der Waals surface area contributed by atoms with Gasteiger partial charge in [0.2, 0.25) is 5.91 Å². The van der Waals surface area contributed by atoms with E-state index in [-0.39, 0.29) is 11.9 Å². The Labute approximate surface area is 143 Å². The van der Waals surface area contributed by atoms with Crippen LogP contribution in [0, 0.1) is 13.8 Å². The molecule has 24 heavy (non-hydrogen) atoms. The van der Waals surface area contributed by atoms with Gasteiger partial charge in [-0.05, 0) is 49.6 Å². The van der Waals surface area contributed by atoms with Crippen LogP contribution in [-0.4, -0.2) is 25.7 Å². The SMILES string of the molecule is COc1ccc(CC(=O)N[C@@H](C)COc2ccccc2C)cc1C. The van der Waals surface area contributed by atoms with Crippen LogP contribution in [0.25, 0.3) is 0 Å². The standard InChI is InChI=1S/C20H25NO3/c1-14-7-5-6-8-19(14)24-13-16(3)21-20(22)12-17-9-10-18(23-4)15(2)11-17/h5-11,16H,12-13H2,1-4H3,(H,21,22)/t16-/m0/s1. The van der Waals surface area contributed by atoms with E-state index in [0.29, 0.717) is 13.0 Å². The van der Waals surface area contributed by atoms with Crippen LogP contribution >= 0.6 is 0 Å². The molecule has 4 nitrogen and oxygen atoms in total. The second-order valence-corrected chi connectivity index (χ2v) is 6.03. The maximum absolute atomic E-state index is 12.2. The topological polar surface area (TPSA) is 47.6 Å². The first-order valence-corrected chi connectivity index (χ1v) is 8.11. The van der Waals surface area contributed by atoms with Crippen molar-refractivity contribution in [3.05, 3.63) is 59.2 Å². The zero-order valence-electron chi connectivity index (χ0n) is 14.8. The number of benzene rings is 2. The number of amides is 1. The Kier molecular flexibility index (Phi) is 6.24. The van der Waals surface area contributed by atoms with Crippen LogP contribution in [0.4, 0.5) is 0 Å². The Morgan fingerprint density at radius 2 is 1.83 bits per heavy atom. The van der Waals surface area contributed by atoms with Crippen LogP contribution in [0.2, 0.25) is 0 Å². The van der Waals surface area contributed by atoms with Crippen molar-refractivity contribution in [1.29, 1.82) is 0 Å². The number of hydrogen-bond acceptors (Lipinski definition) is 3. The summed E-state index contributed by atoms with van der Waals surface area (Å²) in [5.74, 6) is 1.67. The lowest BCUT2D eigenvalue weighted by atomic mass is 10.1. The summed E-state index contributed by atoms with van der Waals surface area (Å²) in [5.41, 5.74) is 3.08. The Balaban J connectivity index is 1.83. The number of nitrogens with one attached hydrogen (secondary N) is 1. The third-order valence-electron chi connectivity index (χ3n) is 3.81. The number of ether oxygens (including phenoxy) is 2. The van der Waals surface area contributed by atoms with E-state index >= 15 is 0 Å². The van der Waals surface area contributed by atoms with E-state index in [1.165, 1.54) is 0 Å². The summed E-state index contributed by atoms with van der Waals surface area (Å²) in [6.45, 7) is 6.36. The zero-order chi connectivity index (χ0) is 17.5. The molecule has 0 heterocycles. The molecule has 0 saturated heterocycles. The normalized spacial score (nSPS) is 11.7. The van der Waals surface area contributed by atoms with Gasteiger partial charge >= 0.3 is 0 Å². The number of methoxy groups -OCH3 is 1. The molecule has 0 aromatic heterocycles. The van der Waals surface area contributed by atoms with Crippen molar-refractivity contribution in [3.8, 4) is 11.5 Å². The third-order valence-corrected chi connectivity index (χ3v) is 3.81. The highest BCUT2D eigenvalue weighted by Gasteiger charge is 2.10. The van der Waals surface area contributed by atoms with Crippen molar-refractivity contribution in [3.63, 3.8) is 0 Å². The molecule has 1 N–H and O–H groups in total. The van der Waals surface area contributed by atoms with Gasteiger partial charge in [-0.25, -0.2) is 0 Å². The van der Waals surface area contributed by atoms with Crippen LogP contribution in [0.5, 0.6) is 11.5 Å². The van der Waals surface area contributed by atoms with Crippen molar-refractivity contribution < 1.29 is 14.3 Å². The summed E-state index contributed by atoms with van der Waals surface area (Å²) in [4.78, 5) is 12.2. The number of para-hydroxylation sites is 1. The number of hydrogen-bond donors (Lipinski definition) is 1. The summed E-state index contributed by atoms with van der Waals surface area (Å²) in [6.07, 6.45) is 0.347. The second-order valence-electron chi connectivity index (χ2n) is 6.03. The Hall–Kier alpha value is -2.49. The molecule has 0 saturated carbocycles. The predicted octanol–water partition coefficient (Wildman–Crippen LogP) is 3.44. The summed E-state index contributed by atoms with van der Waals surface area (Å²) in [5, 5.41) is 2.97. The van der Waals surface area contributed by atoms with Gasteiger partial charge in [-0.15, -0.1) is 0 Å². The molecular formula is C20H25NO3. The van der Waals surface area contributed by atoms with Gasteiger partial charge in [-0.3, -0.25) is 4.79 Å². The summed E-state index contributed by atoms with van der Waals surface area (Å²) < 4.78 is 11.0. The molecule has 0 aliphatic rings. The molecule has 1 amide bonds. The first-order valence-electron chi connectivity index (χ1n) is 8.11. The molecular weight excluding hydrogens is 302 g/mol. The van der Waals surface area contributed by atoms with Crippen LogP contribution in [0.1, 0.15) is 23.6 Å². The van der Waals surface area contributed by atoms with Crippen molar-refractivity contribution in [2.75, 3.05) is 13.7 Å². The van der Waals surface area contributed by atoms with E-state index in [4.69, 9.17) is 9.47 Å². The van der Waals surface area contributed by atoms with Crippen molar-refractivity contribution in [2.45, 2.75) is 33.2 Å². The zero-order valence-corrected chi connectivity index (χ0v) is 14.8. The van der Waals surface area contributed by atoms with Gasteiger partial charge in [-0.1, -0.05) is 30.3 Å². The van der Waals surface area contributed by atoms with Gasteiger partial charge < -0.3 is 14.8 Å². The smallest absolute Gasteiger partial charge is 0.224 e. The molecule has 0 radical (unpaired) electrons. The van der Waals surface area contributed by atoms with Gasteiger partial charge in [0.1, 0.15) is 18.1 Å². The summed E-state index contributed by atoms with van der Waals surface area (Å²) >= 11 is 0. The van der Waals surface area contributed by atoms with Crippen LogP contribution in [0.15, 0.2) is 42.5 Å². The average molecular weight is 327 g/mol. The summed E-state index contributed by atoms with van der Waals surface area (Å²) in [6, 6.07) is 13.6. The fraction of sp³-hybridized carbons (Fsp3) is 0.350. The molecule has 2 aromatic carbocycles. The average Bonchev–Trinajstić information content (AvgIpc) is 2.54. The van der Waals surface area contributed by atoms with E-state index < -0.39 is 0 Å². The predicted molar refractivity (Wildman–Crippen MR) is 95.7 cm³/mol. The Morgan fingerprint density at radius 3 is 2.50 bits per heavy atom.